The highest BCUT2D eigenvalue weighted by molar-refractivity contribution is 5.83. The summed E-state index contributed by atoms with van der Waals surface area (Å²) in [4.78, 5) is 16.6. The standard InChI is InChI=1S/C22H24N4O2/c27-22-21(26(16-23-22)25-24-19-8-4-5-9-19)14-17-10-12-20(13-11-17)28-15-18-6-2-1-3-7-18/h1-3,6-7,10-13,21H,4-5,8-9,14-16H2/p+1. The van der Waals surface area contributed by atoms with Gasteiger partial charge < -0.3 is 10.1 Å². The molecular formula is C22H25N4O2+. The van der Waals surface area contributed by atoms with Crippen LogP contribution in [0.3, 0.4) is 0 Å². The second-order valence-electron chi connectivity index (χ2n) is 7.24. The van der Waals surface area contributed by atoms with Crippen molar-refractivity contribution in [2.45, 2.75) is 44.8 Å². The second kappa shape index (κ2) is 8.72. The van der Waals surface area contributed by atoms with Gasteiger partial charge in [-0.2, -0.15) is 0 Å². The van der Waals surface area contributed by atoms with Gasteiger partial charge in [0.15, 0.2) is 11.9 Å². The predicted octanol–water partition coefficient (Wildman–Crippen LogP) is 3.16. The lowest BCUT2D eigenvalue weighted by atomic mass is 10.1. The van der Waals surface area contributed by atoms with Crippen LogP contribution in [-0.4, -0.2) is 34.1 Å². The molecule has 1 aliphatic heterocycles. The van der Waals surface area contributed by atoms with Crippen molar-refractivity contribution < 1.29 is 14.3 Å². The molecule has 1 saturated carbocycles. The van der Waals surface area contributed by atoms with Crippen molar-refractivity contribution in [3.05, 3.63) is 65.7 Å². The Morgan fingerprint density at radius 1 is 1.04 bits per heavy atom. The summed E-state index contributed by atoms with van der Waals surface area (Å²) >= 11 is 0. The van der Waals surface area contributed by atoms with E-state index in [1.165, 1.54) is 12.8 Å². The van der Waals surface area contributed by atoms with Gasteiger partial charge >= 0.3 is 0 Å². The summed E-state index contributed by atoms with van der Waals surface area (Å²) in [7, 11) is 0. The highest BCUT2D eigenvalue weighted by Gasteiger charge is 2.38. The van der Waals surface area contributed by atoms with Gasteiger partial charge in [-0.25, -0.2) is 0 Å². The molecule has 2 fully saturated rings. The summed E-state index contributed by atoms with van der Waals surface area (Å²) < 4.78 is 5.83. The van der Waals surface area contributed by atoms with Gasteiger partial charge in [-0.1, -0.05) is 47.3 Å². The molecule has 1 heterocycles. The van der Waals surface area contributed by atoms with E-state index in [9.17, 15) is 4.79 Å². The minimum atomic E-state index is -0.318. The smallest absolute Gasteiger partial charge is 0.270 e. The van der Waals surface area contributed by atoms with Crippen LogP contribution in [0.4, 0.5) is 0 Å². The zero-order valence-corrected chi connectivity index (χ0v) is 15.9. The van der Waals surface area contributed by atoms with E-state index in [1.54, 1.807) is 5.01 Å². The Hall–Kier alpha value is -3.11. The monoisotopic (exact) mass is 377 g/mol. The number of carbonyl (C=O) groups excluding carboxylic acids is 1. The Labute approximate surface area is 164 Å². The van der Waals surface area contributed by atoms with E-state index >= 15 is 0 Å². The summed E-state index contributed by atoms with van der Waals surface area (Å²) in [6.07, 6.45) is 5.02. The van der Waals surface area contributed by atoms with Crippen molar-refractivity contribution in [2.24, 2.45) is 5.22 Å². The van der Waals surface area contributed by atoms with E-state index in [1.807, 2.05) is 54.6 Å². The quantitative estimate of drug-likeness (QED) is 0.621. The number of nitrogens with one attached hydrogen (secondary N) is 1. The van der Waals surface area contributed by atoms with Gasteiger partial charge in [-0.15, -0.1) is 5.01 Å². The molecule has 0 radical (unpaired) electrons. The first-order chi connectivity index (χ1) is 13.8. The van der Waals surface area contributed by atoms with Gasteiger partial charge in [-0.3, -0.25) is 4.79 Å². The Morgan fingerprint density at radius 3 is 2.54 bits per heavy atom. The zero-order chi connectivity index (χ0) is 19.2. The second-order valence-corrected chi connectivity index (χ2v) is 7.24. The zero-order valence-electron chi connectivity index (χ0n) is 15.9. The molecule has 28 heavy (non-hydrogen) atoms. The van der Waals surface area contributed by atoms with Crippen LogP contribution in [0, 0.1) is 0 Å². The summed E-state index contributed by atoms with van der Waals surface area (Å²) in [5, 5.41) is 8.95. The summed E-state index contributed by atoms with van der Waals surface area (Å²) in [6.45, 7) is 0.955. The molecule has 0 bridgehead atoms. The first-order valence-corrected chi connectivity index (χ1v) is 9.84. The van der Waals surface area contributed by atoms with E-state index in [2.05, 4.69) is 15.3 Å². The van der Waals surface area contributed by atoms with Crippen molar-refractivity contribution >= 4 is 11.6 Å². The van der Waals surface area contributed by atoms with Gasteiger partial charge in [0.05, 0.1) is 0 Å². The number of rotatable bonds is 6. The Balaban J connectivity index is 1.37. The van der Waals surface area contributed by atoms with E-state index in [4.69, 9.17) is 4.74 Å². The topological polar surface area (TPSA) is 68.0 Å². The molecule has 0 spiro atoms. The molecule has 1 N–H and O–H groups in total. The number of carbonyl (C=O) groups is 1. The van der Waals surface area contributed by atoms with E-state index < -0.39 is 0 Å². The third-order valence-electron chi connectivity index (χ3n) is 5.16. The molecule has 1 aliphatic carbocycles. The highest BCUT2D eigenvalue weighted by Crippen LogP contribution is 2.18. The number of nitrogens with zero attached hydrogens (tertiary/aromatic N) is 3. The fourth-order valence-corrected chi connectivity index (χ4v) is 3.50. The molecule has 2 aromatic carbocycles. The molecule has 0 aromatic heterocycles. The molecule has 144 valence electrons. The average Bonchev–Trinajstić information content (AvgIpc) is 3.37. The number of benzene rings is 2. The maximum Gasteiger partial charge on any atom is 0.270 e. The third-order valence-corrected chi connectivity index (χ3v) is 5.16. The van der Waals surface area contributed by atoms with Crippen LogP contribution in [0.25, 0.3) is 0 Å². The van der Waals surface area contributed by atoms with Crippen molar-refractivity contribution in [2.75, 3.05) is 6.67 Å². The molecule has 6 nitrogen and oxygen atoms in total. The number of hydrogen-bond acceptors (Lipinski definition) is 3. The van der Waals surface area contributed by atoms with E-state index in [0.717, 1.165) is 35.4 Å². The van der Waals surface area contributed by atoms with Gasteiger partial charge in [0.1, 0.15) is 12.4 Å². The molecule has 2 aliphatic rings. The SMILES string of the molecule is O=C1NCN(N=[N+]=C2CCCC2)C1Cc1ccc(OCc2ccccc2)cc1. The molecular weight excluding hydrogens is 352 g/mol. The fourth-order valence-electron chi connectivity index (χ4n) is 3.50. The first kappa shape index (κ1) is 18.3. The third kappa shape index (κ3) is 4.59. The summed E-state index contributed by atoms with van der Waals surface area (Å²) in [6, 6.07) is 17.7. The van der Waals surface area contributed by atoms with Crippen LogP contribution < -0.4 is 10.1 Å². The van der Waals surface area contributed by atoms with Gasteiger partial charge in [0, 0.05) is 19.3 Å². The summed E-state index contributed by atoms with van der Waals surface area (Å²) in [5.74, 6) is 0.817. The van der Waals surface area contributed by atoms with Crippen molar-refractivity contribution in [3.8, 4) is 5.75 Å². The molecule has 2 aromatic rings. The molecule has 1 amide bonds. The average molecular weight is 377 g/mol. The Morgan fingerprint density at radius 2 is 1.79 bits per heavy atom. The Kier molecular flexibility index (Phi) is 5.69. The van der Waals surface area contributed by atoms with Gasteiger partial charge in [0.25, 0.3) is 5.91 Å². The van der Waals surface area contributed by atoms with Crippen LogP contribution in [0.5, 0.6) is 5.75 Å². The fraction of sp³-hybridized carbons (Fsp3) is 0.364. The van der Waals surface area contributed by atoms with E-state index in [0.29, 0.717) is 19.7 Å². The maximum absolute atomic E-state index is 12.2. The van der Waals surface area contributed by atoms with Crippen molar-refractivity contribution in [3.63, 3.8) is 0 Å². The molecule has 4 rings (SSSR count). The maximum atomic E-state index is 12.2. The predicted molar refractivity (Wildman–Crippen MR) is 106 cm³/mol. The Bertz CT molecular complexity index is 865. The molecule has 1 atom stereocenters. The summed E-state index contributed by atoms with van der Waals surface area (Å²) in [5.41, 5.74) is 3.34. The normalized spacial score (nSPS) is 18.7. The lowest BCUT2D eigenvalue weighted by Gasteiger charge is -2.10. The van der Waals surface area contributed by atoms with Crippen LogP contribution in [0.1, 0.15) is 36.8 Å². The number of amides is 1. The van der Waals surface area contributed by atoms with Crippen molar-refractivity contribution in [1.82, 2.24) is 10.3 Å². The highest BCUT2D eigenvalue weighted by atomic mass is 16.5. The first-order valence-electron chi connectivity index (χ1n) is 9.84. The van der Waals surface area contributed by atoms with E-state index in [-0.39, 0.29) is 11.9 Å². The largest absolute Gasteiger partial charge is 0.489 e. The van der Waals surface area contributed by atoms with Gasteiger partial charge in [-0.05, 0) is 36.1 Å². The minimum absolute atomic E-state index is 0.000207. The lowest BCUT2D eigenvalue weighted by Crippen LogP contribution is -2.31. The van der Waals surface area contributed by atoms with Crippen LogP contribution >= 0.6 is 0 Å². The van der Waals surface area contributed by atoms with Crippen molar-refractivity contribution in [1.29, 1.82) is 0 Å². The number of hydrogen-bond donors (Lipinski definition) is 1. The van der Waals surface area contributed by atoms with Crippen LogP contribution in [0.2, 0.25) is 0 Å². The van der Waals surface area contributed by atoms with Crippen LogP contribution in [-0.2, 0) is 17.8 Å². The molecule has 1 unspecified atom stereocenters. The minimum Gasteiger partial charge on any atom is -0.489 e. The molecule has 1 saturated heterocycles. The number of ether oxygens (including phenoxy) is 1. The molecule has 6 heteroatoms. The van der Waals surface area contributed by atoms with Gasteiger partial charge in [0.2, 0.25) is 11.8 Å². The van der Waals surface area contributed by atoms with Crippen LogP contribution in [0.15, 0.2) is 59.8 Å². The lowest BCUT2D eigenvalue weighted by molar-refractivity contribution is -0.151.